The lowest BCUT2D eigenvalue weighted by Gasteiger charge is -2.34. The third-order valence-corrected chi connectivity index (χ3v) is 4.93. The van der Waals surface area contributed by atoms with Crippen LogP contribution in [0.15, 0.2) is 18.2 Å². The summed E-state index contributed by atoms with van der Waals surface area (Å²) in [5.74, 6) is 0.520. The van der Waals surface area contributed by atoms with Crippen molar-refractivity contribution in [2.45, 2.75) is 32.0 Å². The van der Waals surface area contributed by atoms with Gasteiger partial charge in [0.2, 0.25) is 0 Å². The zero-order valence-corrected chi connectivity index (χ0v) is 14.0. The van der Waals surface area contributed by atoms with Gasteiger partial charge in [0.05, 0.1) is 5.52 Å². The van der Waals surface area contributed by atoms with Gasteiger partial charge in [-0.2, -0.15) is 5.10 Å². The number of carboxylic acid groups (broad SMARTS) is 1. The van der Waals surface area contributed by atoms with Crippen molar-refractivity contribution in [1.82, 2.24) is 15.5 Å². The van der Waals surface area contributed by atoms with E-state index in [1.807, 2.05) is 0 Å². The summed E-state index contributed by atoms with van der Waals surface area (Å²) in [6.45, 7) is 2.56. The van der Waals surface area contributed by atoms with E-state index in [0.717, 1.165) is 24.0 Å². The first kappa shape index (κ1) is 18.5. The molecule has 1 aromatic heterocycles. The highest BCUT2D eigenvalue weighted by molar-refractivity contribution is 6.01. The first-order valence-corrected chi connectivity index (χ1v) is 8.51. The maximum absolute atomic E-state index is 11.9. The molecule has 6 nitrogen and oxygen atoms in total. The fourth-order valence-electron chi connectivity index (χ4n) is 3.46. The Balaban J connectivity index is 0.000000181. The van der Waals surface area contributed by atoms with Crippen LogP contribution in [-0.2, 0) is 0 Å². The van der Waals surface area contributed by atoms with Gasteiger partial charge in [0.1, 0.15) is 5.75 Å². The van der Waals surface area contributed by atoms with Crippen LogP contribution in [0, 0.1) is 11.8 Å². The van der Waals surface area contributed by atoms with Gasteiger partial charge in [0.25, 0.3) is 0 Å². The van der Waals surface area contributed by atoms with Crippen LogP contribution in [0.4, 0.5) is 13.2 Å². The smallest absolute Gasteiger partial charge is 0.476 e. The maximum Gasteiger partial charge on any atom is 0.573 e. The lowest BCUT2D eigenvalue weighted by molar-refractivity contribution is -0.274. The summed E-state index contributed by atoms with van der Waals surface area (Å²) >= 11 is 0. The number of benzene rings is 1. The first-order chi connectivity index (χ1) is 12.3. The summed E-state index contributed by atoms with van der Waals surface area (Å²) in [7, 11) is 0. The van der Waals surface area contributed by atoms with Crippen molar-refractivity contribution < 1.29 is 27.8 Å². The normalized spacial score (nSPS) is 22.4. The number of nitrogens with one attached hydrogen (secondary N) is 2. The molecule has 2 aromatic rings. The van der Waals surface area contributed by atoms with Crippen LogP contribution in [0.25, 0.3) is 10.9 Å². The fraction of sp³-hybridized carbons (Fsp3) is 0.529. The number of ether oxygens (including phenoxy) is 1. The molecule has 1 aromatic carbocycles. The molecular weight excluding hydrogens is 351 g/mol. The van der Waals surface area contributed by atoms with Crippen molar-refractivity contribution in [3.8, 4) is 5.75 Å². The summed E-state index contributed by atoms with van der Waals surface area (Å²) in [6.07, 6.45) is 1.15. The van der Waals surface area contributed by atoms with E-state index in [1.165, 1.54) is 44.8 Å². The molecule has 1 saturated heterocycles. The van der Waals surface area contributed by atoms with Gasteiger partial charge in [-0.1, -0.05) is 0 Å². The van der Waals surface area contributed by atoms with Crippen LogP contribution in [0.2, 0.25) is 0 Å². The average Bonchev–Trinajstić information content (AvgIpc) is 2.87. The fourth-order valence-corrected chi connectivity index (χ4v) is 3.46. The highest BCUT2D eigenvalue weighted by Gasteiger charge is 2.31. The third-order valence-electron chi connectivity index (χ3n) is 4.93. The van der Waals surface area contributed by atoms with Crippen molar-refractivity contribution in [2.75, 3.05) is 13.1 Å². The molecule has 2 heterocycles. The predicted octanol–water partition coefficient (Wildman–Crippen LogP) is 3.56. The third kappa shape index (κ3) is 4.46. The standard InChI is InChI=1S/C9H5F3N2O3.C8H15N/c10-9(11,12)17-4-1-2-5-6(3-4)13-14-7(5)8(15)16;1-2-8-4-6-9-5-3-7(1)8/h1-3H,(H,13,14)(H,15,16);7-9H,1-6H2. The Morgan fingerprint density at radius 3 is 2.35 bits per heavy atom. The second-order valence-electron chi connectivity index (χ2n) is 6.56. The first-order valence-electron chi connectivity index (χ1n) is 8.51. The van der Waals surface area contributed by atoms with Crippen molar-refractivity contribution in [1.29, 1.82) is 0 Å². The van der Waals surface area contributed by atoms with Gasteiger partial charge < -0.3 is 15.2 Å². The van der Waals surface area contributed by atoms with E-state index < -0.39 is 18.1 Å². The average molecular weight is 371 g/mol. The molecule has 0 bridgehead atoms. The van der Waals surface area contributed by atoms with Crippen LogP contribution in [-0.4, -0.2) is 40.7 Å². The van der Waals surface area contributed by atoms with Crippen molar-refractivity contribution in [3.63, 3.8) is 0 Å². The van der Waals surface area contributed by atoms with Crippen molar-refractivity contribution in [3.05, 3.63) is 23.9 Å². The van der Waals surface area contributed by atoms with Crippen LogP contribution in [0.3, 0.4) is 0 Å². The number of nitrogens with zero attached hydrogens (tertiary/aromatic N) is 1. The van der Waals surface area contributed by atoms with E-state index in [-0.39, 0.29) is 16.6 Å². The number of fused-ring (bicyclic) bond motifs is 2. The summed E-state index contributed by atoms with van der Waals surface area (Å²) in [5.41, 5.74) is -0.0947. The quantitative estimate of drug-likeness (QED) is 0.751. The molecule has 2 unspecified atom stereocenters. The minimum absolute atomic E-state index is 0.157. The van der Waals surface area contributed by atoms with Gasteiger partial charge in [-0.3, -0.25) is 5.10 Å². The number of hydrogen-bond donors (Lipinski definition) is 3. The molecular formula is C17H20F3N3O3. The highest BCUT2D eigenvalue weighted by Crippen LogP contribution is 2.39. The Morgan fingerprint density at radius 2 is 1.81 bits per heavy atom. The Kier molecular flexibility index (Phi) is 5.36. The van der Waals surface area contributed by atoms with E-state index in [2.05, 4.69) is 20.3 Å². The number of hydrogen-bond acceptors (Lipinski definition) is 4. The molecule has 2 atom stereocenters. The molecule has 0 amide bonds. The SMILES string of the molecule is C1CC2CCC2CCN1.O=C(O)c1n[nH]c2cc(OC(F)(F)F)ccc12. The molecule has 0 spiro atoms. The van der Waals surface area contributed by atoms with Crippen LogP contribution in [0.5, 0.6) is 5.75 Å². The van der Waals surface area contributed by atoms with Crippen LogP contribution >= 0.6 is 0 Å². The predicted molar refractivity (Wildman–Crippen MR) is 88.1 cm³/mol. The van der Waals surface area contributed by atoms with E-state index in [1.54, 1.807) is 0 Å². The number of alkyl halides is 3. The molecule has 0 radical (unpaired) electrons. The zero-order valence-electron chi connectivity index (χ0n) is 14.0. The van der Waals surface area contributed by atoms with Gasteiger partial charge >= 0.3 is 12.3 Å². The minimum Gasteiger partial charge on any atom is -0.476 e. The molecule has 9 heteroatoms. The summed E-state index contributed by atoms with van der Waals surface area (Å²) in [6, 6.07) is 3.25. The lowest BCUT2D eigenvalue weighted by Crippen LogP contribution is -2.24. The monoisotopic (exact) mass is 371 g/mol. The molecule has 3 N–H and O–H groups in total. The number of aromatic nitrogens is 2. The summed E-state index contributed by atoms with van der Waals surface area (Å²) in [5, 5.41) is 18.2. The highest BCUT2D eigenvalue weighted by atomic mass is 19.4. The number of H-pyrrole nitrogens is 1. The van der Waals surface area contributed by atoms with Gasteiger partial charge in [0.15, 0.2) is 5.69 Å². The minimum atomic E-state index is -4.79. The number of halogens is 3. The van der Waals surface area contributed by atoms with Gasteiger partial charge in [-0.25, -0.2) is 4.79 Å². The molecule has 2 aliphatic rings. The Bertz CT molecular complexity index is 763. The maximum atomic E-state index is 11.9. The van der Waals surface area contributed by atoms with Crippen molar-refractivity contribution >= 4 is 16.9 Å². The molecule has 1 aliphatic heterocycles. The zero-order chi connectivity index (χ0) is 18.7. The van der Waals surface area contributed by atoms with E-state index in [4.69, 9.17) is 5.11 Å². The van der Waals surface area contributed by atoms with Crippen molar-refractivity contribution in [2.24, 2.45) is 11.8 Å². The van der Waals surface area contributed by atoms with E-state index >= 15 is 0 Å². The topological polar surface area (TPSA) is 87.2 Å². The summed E-state index contributed by atoms with van der Waals surface area (Å²) in [4.78, 5) is 10.7. The molecule has 4 rings (SSSR count). The molecule has 1 saturated carbocycles. The van der Waals surface area contributed by atoms with E-state index in [0.29, 0.717) is 0 Å². The number of rotatable bonds is 2. The Morgan fingerprint density at radius 1 is 1.15 bits per heavy atom. The number of aromatic amines is 1. The van der Waals surface area contributed by atoms with Crippen LogP contribution in [0.1, 0.15) is 36.2 Å². The number of carbonyl (C=O) groups is 1. The van der Waals surface area contributed by atoms with Gasteiger partial charge in [-0.15, -0.1) is 13.2 Å². The molecule has 1 aliphatic carbocycles. The summed E-state index contributed by atoms with van der Waals surface area (Å²) < 4.78 is 39.5. The van der Waals surface area contributed by atoms with Crippen LogP contribution < -0.4 is 10.1 Å². The lowest BCUT2D eigenvalue weighted by atomic mass is 9.71. The largest absolute Gasteiger partial charge is 0.573 e. The second kappa shape index (κ2) is 7.53. The van der Waals surface area contributed by atoms with Gasteiger partial charge in [-0.05, 0) is 62.7 Å². The molecule has 26 heavy (non-hydrogen) atoms. The van der Waals surface area contributed by atoms with Gasteiger partial charge in [0, 0.05) is 11.5 Å². The molecule has 2 fully saturated rings. The Labute approximate surface area is 147 Å². The van der Waals surface area contributed by atoms with E-state index in [9.17, 15) is 18.0 Å². The Hall–Kier alpha value is -2.29. The number of carboxylic acids is 1. The second-order valence-corrected chi connectivity index (χ2v) is 6.56. The molecule has 142 valence electrons. The number of aromatic carboxylic acids is 1.